The average molecular weight is 961 g/mol. The van der Waals surface area contributed by atoms with Crippen molar-refractivity contribution < 1.29 is 171 Å². The van der Waals surface area contributed by atoms with Crippen molar-refractivity contribution in [3.8, 4) is 0 Å². The Kier molecular flexibility index (Phi) is 32.2. The molecule has 1 aromatic heterocycles. The molecule has 4 aromatic rings. The third kappa shape index (κ3) is 39.6. The van der Waals surface area contributed by atoms with Crippen LogP contribution in [0.5, 0.6) is 0 Å². The van der Waals surface area contributed by atoms with Gasteiger partial charge in [0.2, 0.25) is 0 Å². The smallest absolute Gasteiger partial charge is 0.789 e. The molecule has 31 heteroatoms. The Bertz CT molecular complexity index is 2120. The molecule has 0 unspecified atom stereocenters. The summed E-state index contributed by atoms with van der Waals surface area (Å²) >= 11 is 0. The zero-order chi connectivity index (χ0) is 44.6. The fourth-order valence-electron chi connectivity index (χ4n) is 3.05. The van der Waals surface area contributed by atoms with Gasteiger partial charge in [-0.3, -0.25) is 23.7 Å². The van der Waals surface area contributed by atoms with Gasteiger partial charge in [0.15, 0.2) is 0 Å². The number of nitrogens with two attached hydrogens (primary N) is 1. The largest absolute Gasteiger partial charge is 1.00 e. The molecule has 4 rings (SSSR count). The van der Waals surface area contributed by atoms with E-state index < -0.39 is 48.9 Å². The van der Waals surface area contributed by atoms with Crippen molar-refractivity contribution in [1.82, 2.24) is 15.3 Å². The van der Waals surface area contributed by atoms with Crippen LogP contribution in [0.1, 0.15) is 21.5 Å². The molecule has 0 radical (unpaired) electrons. The minimum atomic E-state index is -5.55. The number of carboxylic acid groups (broad SMARTS) is 1. The van der Waals surface area contributed by atoms with Crippen molar-refractivity contribution in [2.75, 3.05) is 12.3 Å². The zero-order valence-corrected chi connectivity index (χ0v) is 39.7. The fourth-order valence-corrected chi connectivity index (χ4v) is 5.20. The normalized spacial score (nSPS) is 10.7. The molecule has 0 saturated carbocycles. The molecule has 318 valence electrons. The molecule has 0 aliphatic carbocycles. The Morgan fingerprint density at radius 2 is 1.23 bits per heavy atom. The van der Waals surface area contributed by atoms with Gasteiger partial charge in [-0.05, 0) is 41.5 Å². The van der Waals surface area contributed by atoms with Crippen LogP contribution in [0.25, 0.3) is 6.08 Å². The molecule has 1 heterocycles. The summed E-state index contributed by atoms with van der Waals surface area (Å²) in [6.07, 6.45) is 4.48. The number of carboxylic acids is 1. The van der Waals surface area contributed by atoms with Gasteiger partial charge in [0.1, 0.15) is 13.2 Å². The second-order valence-corrected chi connectivity index (χ2v) is 15.1. The molecule has 12 N–H and O–H groups in total. The Morgan fingerprint density at radius 3 is 1.60 bits per heavy atom. The summed E-state index contributed by atoms with van der Waals surface area (Å²) < 4.78 is 49.0. The Morgan fingerprint density at radius 1 is 0.750 bits per heavy atom. The number of hydrogen-bond acceptors (Lipinski definition) is 15. The van der Waals surface area contributed by atoms with Crippen LogP contribution in [0.3, 0.4) is 0 Å². The van der Waals surface area contributed by atoms with Gasteiger partial charge in [-0.1, -0.05) is 60.7 Å². The molecule has 0 bridgehead atoms. The monoisotopic (exact) mass is 960 g/mol. The van der Waals surface area contributed by atoms with Crippen molar-refractivity contribution in [1.29, 1.82) is 0 Å². The van der Waals surface area contributed by atoms with Crippen molar-refractivity contribution in [2.45, 2.75) is 6.61 Å². The number of aromatic nitrogens is 2. The van der Waals surface area contributed by atoms with Gasteiger partial charge in [0.25, 0.3) is 11.5 Å². The molecule has 1 amide bonds. The number of esters is 1. The van der Waals surface area contributed by atoms with Gasteiger partial charge in [0.05, 0.1) is 7.82 Å². The maximum absolute atomic E-state index is 11.5. The van der Waals surface area contributed by atoms with Gasteiger partial charge in [-0.2, -0.15) is 4.31 Å². The fraction of sp³-hybridized carbons (Fsp3) is 0.0690. The second-order valence-electron chi connectivity index (χ2n) is 9.91. The van der Waals surface area contributed by atoms with E-state index in [1.54, 1.807) is 18.2 Å². The van der Waals surface area contributed by atoms with Crippen LogP contribution in [-0.4, -0.2) is 68.8 Å². The molecule has 0 aliphatic rings. The molecule has 0 saturated heterocycles. The van der Waals surface area contributed by atoms with E-state index in [1.807, 2.05) is 65.6 Å². The number of benzene rings is 3. The van der Waals surface area contributed by atoms with Crippen molar-refractivity contribution in [3.05, 3.63) is 141 Å². The van der Waals surface area contributed by atoms with Crippen molar-refractivity contribution >= 4 is 60.9 Å². The van der Waals surface area contributed by atoms with Crippen LogP contribution in [0, 0.1) is 0 Å². The molecular formula is C29H34KN4NaO21P4. The first-order valence-electron chi connectivity index (χ1n) is 14.8. The first-order chi connectivity index (χ1) is 26.6. The maximum atomic E-state index is 11.5. The van der Waals surface area contributed by atoms with Gasteiger partial charge in [-0.25, -0.2) is 23.3 Å². The quantitative estimate of drug-likeness (QED) is 0.0219. The van der Waals surface area contributed by atoms with Gasteiger partial charge >= 0.3 is 122 Å². The van der Waals surface area contributed by atoms with Gasteiger partial charge in [0, 0.05) is 29.6 Å². The summed E-state index contributed by atoms with van der Waals surface area (Å²) in [5, 5.41) is 10.6. The SMILES string of the molecule is Nc1ccc(C(=O)NCC(=O)O)cc1.O=C(C=Cc1ccccc1)OCc1ccccc1.O=P(O)(O)OP(=O)(O)O.O=P([O-])([O-])OP(=O)(O)O.O=c1cc[nH]c(=O)[nH]1.[K+].[Na+]. The topological polar surface area (TPSA) is 439 Å². The summed E-state index contributed by atoms with van der Waals surface area (Å²) in [6.45, 7) is -0.0813. The molecule has 0 fully saturated rings. The van der Waals surface area contributed by atoms with E-state index in [4.69, 9.17) is 44.9 Å². The molecule has 3 aromatic carbocycles. The van der Waals surface area contributed by atoms with Crippen LogP contribution < -0.4 is 113 Å². The number of carbonyl (C=O) groups excluding carboxylic acids is 2. The second kappa shape index (κ2) is 31.3. The number of ether oxygens (including phenoxy) is 1. The van der Waals surface area contributed by atoms with E-state index in [9.17, 15) is 52.0 Å². The van der Waals surface area contributed by atoms with Crippen LogP contribution in [-0.2, 0) is 47.8 Å². The van der Waals surface area contributed by atoms with E-state index in [0.29, 0.717) is 17.9 Å². The first kappa shape index (κ1) is 61.7. The minimum Gasteiger partial charge on any atom is -0.789 e. The molecular weight excluding hydrogens is 926 g/mol. The summed E-state index contributed by atoms with van der Waals surface area (Å²) in [5.74, 6) is -1.83. The number of rotatable bonds is 11. The summed E-state index contributed by atoms with van der Waals surface area (Å²) in [4.78, 5) is 123. The number of nitrogens with one attached hydrogen (secondary N) is 3. The number of anilines is 1. The molecule has 0 aliphatic heterocycles. The summed E-state index contributed by atoms with van der Waals surface area (Å²) in [7, 11) is -20.8. The van der Waals surface area contributed by atoms with Gasteiger partial charge in [-0.15, -0.1) is 0 Å². The van der Waals surface area contributed by atoms with Crippen LogP contribution in [0.15, 0.2) is 113 Å². The first-order valence-corrected chi connectivity index (χ1v) is 20.9. The zero-order valence-electron chi connectivity index (χ0n) is 31.0. The number of aliphatic carboxylic acids is 1. The Hall–Kier alpha value is -2.55. The predicted molar refractivity (Wildman–Crippen MR) is 196 cm³/mol. The number of carbonyl (C=O) groups is 3. The third-order valence-corrected chi connectivity index (χ3v) is 8.47. The predicted octanol–water partition coefficient (Wildman–Crippen LogP) is -6.29. The molecule has 0 atom stereocenters. The Balaban J connectivity index is -0.000000698. The number of phosphoric acid groups is 4. The third-order valence-electron chi connectivity index (χ3n) is 5.11. The van der Waals surface area contributed by atoms with Crippen LogP contribution >= 0.6 is 31.3 Å². The molecule has 25 nitrogen and oxygen atoms in total. The van der Waals surface area contributed by atoms with E-state index in [2.05, 4.69) is 18.9 Å². The van der Waals surface area contributed by atoms with Crippen molar-refractivity contribution in [2.24, 2.45) is 0 Å². The van der Waals surface area contributed by atoms with E-state index in [-0.39, 0.29) is 99.0 Å². The summed E-state index contributed by atoms with van der Waals surface area (Å²) in [5.41, 5.74) is 7.48. The van der Waals surface area contributed by atoms with Crippen LogP contribution in [0.2, 0.25) is 0 Å². The Labute approximate surface area is 403 Å². The summed E-state index contributed by atoms with van der Waals surface area (Å²) in [6, 6.07) is 26.7. The molecule has 60 heavy (non-hydrogen) atoms. The number of amides is 1. The number of H-pyrrole nitrogens is 2. The van der Waals surface area contributed by atoms with E-state index in [0.717, 1.165) is 11.1 Å². The minimum absolute atomic E-state index is 0. The van der Waals surface area contributed by atoms with E-state index in [1.165, 1.54) is 30.5 Å². The van der Waals surface area contributed by atoms with E-state index >= 15 is 0 Å². The maximum Gasteiger partial charge on any atom is 1.00 e. The standard InChI is InChI=1S/C16H14O2.C9H10N2O3.C4H4N2O2.K.Na.2H4O7P2/c17-16(12-11-14-7-3-1-4-8-14)18-13-15-9-5-2-6-10-15;10-7-3-1-6(2-4-7)9(14)11-5-8(12)13;7-3-1-2-5-4(8)6-3;;;2*1-8(2,3)7-9(4,5)6/h1-12H,13H2;1-4H,5,10H2,(H,11,14)(H,12,13);1-2H,(H2,5,6,7,8);;;2*(H2,1,2,3)(H2,4,5,6)/q;;;2*+1;;/p-2. The number of nitrogen functional groups attached to an aromatic ring is 1. The number of aromatic amines is 2. The molecule has 0 spiro atoms. The van der Waals surface area contributed by atoms with Gasteiger partial charge < -0.3 is 69.6 Å². The van der Waals surface area contributed by atoms with Crippen molar-refractivity contribution in [3.63, 3.8) is 0 Å². The van der Waals surface area contributed by atoms with Crippen LogP contribution in [0.4, 0.5) is 5.69 Å². The average Bonchev–Trinajstić information content (AvgIpc) is 3.08. The number of hydrogen-bond donors (Lipinski definition) is 11.